The van der Waals surface area contributed by atoms with Crippen molar-refractivity contribution in [1.29, 1.82) is 0 Å². The maximum Gasteiger partial charge on any atom is 0.123 e. The normalized spacial score (nSPS) is 12.7. The molecule has 1 atom stereocenters. The van der Waals surface area contributed by atoms with E-state index in [4.69, 9.17) is 4.74 Å². The standard InChI is InChI=1S/C14H22FNO/c1-4-7-16-14(10-17-3)9-12-5-6-13(15)8-11(12)2/h5-6,8,14,16H,4,7,9-10H2,1-3H3. The first kappa shape index (κ1) is 14.1. The third-order valence-corrected chi connectivity index (χ3v) is 2.82. The summed E-state index contributed by atoms with van der Waals surface area (Å²) in [7, 11) is 1.71. The van der Waals surface area contributed by atoms with Gasteiger partial charge in [-0.05, 0) is 49.6 Å². The van der Waals surface area contributed by atoms with Crippen molar-refractivity contribution >= 4 is 0 Å². The Morgan fingerprint density at radius 2 is 2.18 bits per heavy atom. The molecule has 0 heterocycles. The van der Waals surface area contributed by atoms with E-state index in [-0.39, 0.29) is 5.82 Å². The molecule has 0 saturated heterocycles. The van der Waals surface area contributed by atoms with E-state index in [1.54, 1.807) is 13.2 Å². The van der Waals surface area contributed by atoms with E-state index < -0.39 is 0 Å². The van der Waals surface area contributed by atoms with Gasteiger partial charge in [-0.3, -0.25) is 0 Å². The van der Waals surface area contributed by atoms with Crippen molar-refractivity contribution < 1.29 is 9.13 Å². The van der Waals surface area contributed by atoms with Gasteiger partial charge in [0.15, 0.2) is 0 Å². The Kier molecular flexibility index (Phi) is 6.16. The van der Waals surface area contributed by atoms with Crippen LogP contribution in [0.3, 0.4) is 0 Å². The molecule has 2 nitrogen and oxygen atoms in total. The predicted molar refractivity (Wildman–Crippen MR) is 68.8 cm³/mol. The maximum atomic E-state index is 13.0. The molecule has 0 aliphatic rings. The van der Waals surface area contributed by atoms with E-state index in [9.17, 15) is 4.39 Å². The van der Waals surface area contributed by atoms with E-state index in [1.165, 1.54) is 11.6 Å². The van der Waals surface area contributed by atoms with Gasteiger partial charge in [0.25, 0.3) is 0 Å². The Morgan fingerprint density at radius 3 is 2.76 bits per heavy atom. The van der Waals surface area contributed by atoms with Crippen molar-refractivity contribution in [3.63, 3.8) is 0 Å². The SMILES string of the molecule is CCCNC(COC)Cc1ccc(F)cc1C. The Bertz CT molecular complexity index is 341. The third-order valence-electron chi connectivity index (χ3n) is 2.82. The molecule has 1 aromatic rings. The van der Waals surface area contributed by atoms with Crippen LogP contribution in [0.25, 0.3) is 0 Å². The highest BCUT2D eigenvalue weighted by Gasteiger charge is 2.10. The molecule has 0 radical (unpaired) electrons. The van der Waals surface area contributed by atoms with Crippen molar-refractivity contribution in [2.45, 2.75) is 32.7 Å². The predicted octanol–water partition coefficient (Wildman–Crippen LogP) is 2.69. The van der Waals surface area contributed by atoms with Gasteiger partial charge in [-0.15, -0.1) is 0 Å². The van der Waals surface area contributed by atoms with Gasteiger partial charge in [0.2, 0.25) is 0 Å². The number of rotatable bonds is 7. The Balaban J connectivity index is 2.64. The molecule has 1 N–H and O–H groups in total. The summed E-state index contributed by atoms with van der Waals surface area (Å²) in [6, 6.07) is 5.26. The summed E-state index contributed by atoms with van der Waals surface area (Å²) in [6.45, 7) is 5.74. The minimum Gasteiger partial charge on any atom is -0.383 e. The van der Waals surface area contributed by atoms with Crippen LogP contribution in [0.5, 0.6) is 0 Å². The van der Waals surface area contributed by atoms with Crippen molar-refractivity contribution in [2.24, 2.45) is 0 Å². The molecule has 17 heavy (non-hydrogen) atoms. The molecule has 0 bridgehead atoms. The van der Waals surface area contributed by atoms with Gasteiger partial charge in [-0.1, -0.05) is 13.0 Å². The van der Waals surface area contributed by atoms with Crippen molar-refractivity contribution in [3.8, 4) is 0 Å². The summed E-state index contributed by atoms with van der Waals surface area (Å²) in [5.41, 5.74) is 2.18. The smallest absolute Gasteiger partial charge is 0.123 e. The molecular formula is C14H22FNO. The second kappa shape index (κ2) is 7.41. The first-order valence-electron chi connectivity index (χ1n) is 6.14. The van der Waals surface area contributed by atoms with Crippen LogP contribution in [-0.2, 0) is 11.2 Å². The van der Waals surface area contributed by atoms with Gasteiger partial charge < -0.3 is 10.1 Å². The lowest BCUT2D eigenvalue weighted by molar-refractivity contribution is 0.166. The number of methoxy groups -OCH3 is 1. The van der Waals surface area contributed by atoms with Crippen LogP contribution < -0.4 is 5.32 Å². The molecule has 96 valence electrons. The van der Waals surface area contributed by atoms with Gasteiger partial charge in [-0.25, -0.2) is 4.39 Å². The van der Waals surface area contributed by atoms with Gasteiger partial charge in [0, 0.05) is 13.2 Å². The largest absolute Gasteiger partial charge is 0.383 e. The molecule has 0 aliphatic carbocycles. The van der Waals surface area contributed by atoms with Crippen molar-refractivity contribution in [2.75, 3.05) is 20.3 Å². The van der Waals surface area contributed by atoms with E-state index >= 15 is 0 Å². The Labute approximate surface area is 103 Å². The number of hydrogen-bond donors (Lipinski definition) is 1. The first-order chi connectivity index (χ1) is 8.17. The molecular weight excluding hydrogens is 217 g/mol. The van der Waals surface area contributed by atoms with E-state index in [2.05, 4.69) is 12.2 Å². The van der Waals surface area contributed by atoms with Crippen LogP contribution in [0.1, 0.15) is 24.5 Å². The minimum atomic E-state index is -0.170. The van der Waals surface area contributed by atoms with Gasteiger partial charge >= 0.3 is 0 Å². The van der Waals surface area contributed by atoms with E-state index in [1.807, 2.05) is 13.0 Å². The van der Waals surface area contributed by atoms with Crippen molar-refractivity contribution in [3.05, 3.63) is 35.1 Å². The molecule has 1 unspecified atom stereocenters. The van der Waals surface area contributed by atoms with Crippen LogP contribution in [0.2, 0.25) is 0 Å². The minimum absolute atomic E-state index is 0.170. The highest BCUT2D eigenvalue weighted by molar-refractivity contribution is 5.27. The lowest BCUT2D eigenvalue weighted by Crippen LogP contribution is -2.35. The zero-order valence-corrected chi connectivity index (χ0v) is 10.9. The first-order valence-corrected chi connectivity index (χ1v) is 6.14. The number of hydrogen-bond acceptors (Lipinski definition) is 2. The Hall–Kier alpha value is -0.930. The van der Waals surface area contributed by atoms with Gasteiger partial charge in [0.05, 0.1) is 6.61 Å². The van der Waals surface area contributed by atoms with Crippen molar-refractivity contribution in [1.82, 2.24) is 5.32 Å². The molecule has 3 heteroatoms. The fraction of sp³-hybridized carbons (Fsp3) is 0.571. The summed E-state index contributed by atoms with van der Waals surface area (Å²) in [6.07, 6.45) is 1.97. The lowest BCUT2D eigenvalue weighted by atomic mass is 10.0. The number of benzene rings is 1. The molecule has 0 spiro atoms. The lowest BCUT2D eigenvalue weighted by Gasteiger charge is -2.18. The topological polar surface area (TPSA) is 21.3 Å². The van der Waals surface area contributed by atoms with Crippen LogP contribution >= 0.6 is 0 Å². The summed E-state index contributed by atoms with van der Waals surface area (Å²) in [5, 5.41) is 3.44. The van der Waals surface area contributed by atoms with Crippen LogP contribution in [0.4, 0.5) is 4.39 Å². The molecule has 1 rings (SSSR count). The summed E-state index contributed by atoms with van der Waals surface area (Å²) >= 11 is 0. The molecule has 0 aliphatic heterocycles. The second-order valence-electron chi connectivity index (χ2n) is 4.38. The zero-order valence-electron chi connectivity index (χ0n) is 10.9. The monoisotopic (exact) mass is 239 g/mol. The zero-order chi connectivity index (χ0) is 12.7. The molecule has 0 aromatic heterocycles. The van der Waals surface area contributed by atoms with Crippen LogP contribution in [-0.4, -0.2) is 26.3 Å². The third kappa shape index (κ3) is 4.84. The molecule has 0 saturated carbocycles. The van der Waals surface area contributed by atoms with Crippen LogP contribution in [0.15, 0.2) is 18.2 Å². The maximum absolute atomic E-state index is 13.0. The fourth-order valence-electron chi connectivity index (χ4n) is 1.89. The molecule has 0 amide bonds. The second-order valence-corrected chi connectivity index (χ2v) is 4.38. The Morgan fingerprint density at radius 1 is 1.41 bits per heavy atom. The quantitative estimate of drug-likeness (QED) is 0.790. The molecule has 0 fully saturated rings. The summed E-state index contributed by atoms with van der Waals surface area (Å²) < 4.78 is 18.2. The summed E-state index contributed by atoms with van der Waals surface area (Å²) in [4.78, 5) is 0. The van der Waals surface area contributed by atoms with E-state index in [0.29, 0.717) is 12.6 Å². The van der Waals surface area contributed by atoms with Gasteiger partial charge in [0.1, 0.15) is 5.82 Å². The number of aryl methyl sites for hydroxylation is 1. The van der Waals surface area contributed by atoms with Gasteiger partial charge in [-0.2, -0.15) is 0 Å². The fourth-order valence-corrected chi connectivity index (χ4v) is 1.89. The molecule has 1 aromatic carbocycles. The average molecular weight is 239 g/mol. The highest BCUT2D eigenvalue weighted by Crippen LogP contribution is 2.12. The summed E-state index contributed by atoms with van der Waals surface area (Å²) in [5.74, 6) is -0.170. The van der Waals surface area contributed by atoms with Crippen LogP contribution in [0, 0.1) is 12.7 Å². The average Bonchev–Trinajstić information content (AvgIpc) is 2.29. The number of ether oxygens (including phenoxy) is 1. The number of nitrogens with one attached hydrogen (secondary N) is 1. The number of halogens is 1. The highest BCUT2D eigenvalue weighted by atomic mass is 19.1. The van der Waals surface area contributed by atoms with E-state index in [0.717, 1.165) is 24.9 Å².